The lowest BCUT2D eigenvalue weighted by atomic mass is 9.85. The van der Waals surface area contributed by atoms with Crippen molar-refractivity contribution in [2.75, 3.05) is 0 Å². The van der Waals surface area contributed by atoms with E-state index in [0.29, 0.717) is 0 Å². The summed E-state index contributed by atoms with van der Waals surface area (Å²) in [5.74, 6) is 2.28. The van der Waals surface area contributed by atoms with Gasteiger partial charge in [0, 0.05) is 0 Å². The number of hydrogen-bond acceptors (Lipinski definition) is 0. The first-order valence-electron chi connectivity index (χ1n) is 6.45. The van der Waals surface area contributed by atoms with Crippen molar-refractivity contribution in [1.29, 1.82) is 0 Å². The number of hydrogen-bond donors (Lipinski definition) is 0. The highest BCUT2D eigenvalue weighted by molar-refractivity contribution is 4.73. The van der Waals surface area contributed by atoms with Crippen molar-refractivity contribution in [1.82, 2.24) is 0 Å². The summed E-state index contributed by atoms with van der Waals surface area (Å²) in [7, 11) is 0. The monoisotopic (exact) mass is 180 g/mol. The second-order valence-electron chi connectivity index (χ2n) is 5.23. The van der Waals surface area contributed by atoms with Crippen LogP contribution in [0.25, 0.3) is 0 Å². The fourth-order valence-electron chi connectivity index (χ4n) is 2.75. The van der Waals surface area contributed by atoms with Crippen LogP contribution >= 0.6 is 0 Å². The van der Waals surface area contributed by atoms with Crippen LogP contribution in [0.15, 0.2) is 0 Å². The summed E-state index contributed by atoms with van der Waals surface area (Å²) in [5.41, 5.74) is 0. The Morgan fingerprint density at radius 3 is 1.69 bits per heavy atom. The van der Waals surface area contributed by atoms with E-state index < -0.39 is 0 Å². The molecule has 0 aromatic rings. The third kappa shape index (κ3) is 3.70. The van der Waals surface area contributed by atoms with Crippen molar-refractivity contribution < 1.29 is 0 Å². The summed E-state index contributed by atoms with van der Waals surface area (Å²) >= 11 is 0. The quantitative estimate of drug-likeness (QED) is 0.545. The fourth-order valence-corrected chi connectivity index (χ4v) is 2.75. The molecule has 0 amide bonds. The van der Waals surface area contributed by atoms with Crippen molar-refractivity contribution >= 4 is 0 Å². The van der Waals surface area contributed by atoms with E-state index in [1.807, 2.05) is 0 Å². The SMILES string of the molecule is C1CCC(CCCCC2CC2)CC1. The minimum absolute atomic E-state index is 1.12. The van der Waals surface area contributed by atoms with Crippen molar-refractivity contribution in [2.45, 2.75) is 70.6 Å². The van der Waals surface area contributed by atoms with Crippen LogP contribution in [-0.4, -0.2) is 0 Å². The van der Waals surface area contributed by atoms with Gasteiger partial charge >= 0.3 is 0 Å². The summed E-state index contributed by atoms with van der Waals surface area (Å²) < 4.78 is 0. The van der Waals surface area contributed by atoms with Crippen LogP contribution in [0.3, 0.4) is 0 Å². The Hall–Kier alpha value is 0. The van der Waals surface area contributed by atoms with E-state index in [1.54, 1.807) is 38.5 Å². The van der Waals surface area contributed by atoms with E-state index in [0.717, 1.165) is 11.8 Å². The lowest BCUT2D eigenvalue weighted by molar-refractivity contribution is 0.327. The third-order valence-electron chi connectivity index (χ3n) is 3.90. The van der Waals surface area contributed by atoms with Gasteiger partial charge in [0.2, 0.25) is 0 Å². The topological polar surface area (TPSA) is 0 Å². The highest BCUT2D eigenvalue weighted by atomic mass is 14.3. The molecule has 0 heterocycles. The smallest absolute Gasteiger partial charge is 0.0414 e. The second-order valence-corrected chi connectivity index (χ2v) is 5.23. The molecule has 0 atom stereocenters. The molecule has 0 saturated heterocycles. The zero-order valence-electron chi connectivity index (χ0n) is 8.93. The Morgan fingerprint density at radius 2 is 1.15 bits per heavy atom. The average molecular weight is 180 g/mol. The van der Waals surface area contributed by atoms with Crippen LogP contribution < -0.4 is 0 Å². The molecule has 0 unspecified atom stereocenters. The summed E-state index contributed by atoms with van der Waals surface area (Å²) in [5, 5.41) is 0. The molecular weight excluding hydrogens is 156 g/mol. The Kier molecular flexibility index (Phi) is 3.69. The molecule has 2 fully saturated rings. The fraction of sp³-hybridized carbons (Fsp3) is 1.00. The molecule has 2 aliphatic carbocycles. The Labute approximate surface area is 83.1 Å². The molecule has 0 aliphatic heterocycles. The molecule has 76 valence electrons. The standard InChI is InChI=1S/C13H24/c1-2-6-12(7-3-1)8-4-5-9-13-10-11-13/h12-13H,1-11H2. The maximum atomic E-state index is 1.55. The first kappa shape index (κ1) is 9.55. The predicted octanol–water partition coefficient (Wildman–Crippen LogP) is 4.54. The molecule has 0 radical (unpaired) electrons. The van der Waals surface area contributed by atoms with E-state index in [9.17, 15) is 0 Å². The Morgan fingerprint density at radius 1 is 0.615 bits per heavy atom. The molecule has 0 aromatic carbocycles. The lowest BCUT2D eigenvalue weighted by Gasteiger charge is -2.21. The van der Waals surface area contributed by atoms with Crippen LogP contribution in [0.1, 0.15) is 70.6 Å². The van der Waals surface area contributed by atoms with E-state index >= 15 is 0 Å². The van der Waals surface area contributed by atoms with E-state index in [1.165, 1.54) is 32.1 Å². The lowest BCUT2D eigenvalue weighted by Crippen LogP contribution is -2.05. The molecule has 0 N–H and O–H groups in total. The molecular formula is C13H24. The van der Waals surface area contributed by atoms with Gasteiger partial charge in [0.15, 0.2) is 0 Å². The molecule has 2 rings (SSSR count). The van der Waals surface area contributed by atoms with Crippen LogP contribution in [0.2, 0.25) is 0 Å². The molecule has 0 bridgehead atoms. The third-order valence-corrected chi connectivity index (χ3v) is 3.90. The van der Waals surface area contributed by atoms with Gasteiger partial charge in [0.1, 0.15) is 0 Å². The molecule has 2 saturated carbocycles. The zero-order valence-corrected chi connectivity index (χ0v) is 8.93. The van der Waals surface area contributed by atoms with Crippen LogP contribution in [-0.2, 0) is 0 Å². The van der Waals surface area contributed by atoms with Crippen molar-refractivity contribution in [3.63, 3.8) is 0 Å². The van der Waals surface area contributed by atoms with E-state index in [-0.39, 0.29) is 0 Å². The Bertz CT molecular complexity index is 129. The highest BCUT2D eigenvalue weighted by Gasteiger charge is 2.20. The van der Waals surface area contributed by atoms with Crippen LogP contribution in [0, 0.1) is 11.8 Å². The maximum Gasteiger partial charge on any atom is -0.0414 e. The van der Waals surface area contributed by atoms with Gasteiger partial charge in [-0.25, -0.2) is 0 Å². The predicted molar refractivity (Wildman–Crippen MR) is 57.8 cm³/mol. The van der Waals surface area contributed by atoms with Gasteiger partial charge < -0.3 is 0 Å². The molecule has 0 heteroatoms. The van der Waals surface area contributed by atoms with Crippen molar-refractivity contribution in [3.05, 3.63) is 0 Å². The molecule has 0 nitrogen and oxygen atoms in total. The van der Waals surface area contributed by atoms with Crippen LogP contribution in [0.4, 0.5) is 0 Å². The Balaban J connectivity index is 1.46. The van der Waals surface area contributed by atoms with Gasteiger partial charge in [-0.15, -0.1) is 0 Å². The van der Waals surface area contributed by atoms with Crippen molar-refractivity contribution in [2.24, 2.45) is 11.8 Å². The van der Waals surface area contributed by atoms with E-state index in [2.05, 4.69) is 0 Å². The van der Waals surface area contributed by atoms with Gasteiger partial charge in [-0.05, 0) is 11.8 Å². The van der Waals surface area contributed by atoms with Gasteiger partial charge in [-0.2, -0.15) is 0 Å². The molecule has 2 aliphatic rings. The normalized spacial score (nSPS) is 24.9. The molecule has 13 heavy (non-hydrogen) atoms. The summed E-state index contributed by atoms with van der Waals surface area (Å²) in [6.07, 6.45) is 16.9. The zero-order chi connectivity index (χ0) is 8.93. The first-order chi connectivity index (χ1) is 6.45. The molecule has 0 spiro atoms. The molecule has 0 aromatic heterocycles. The van der Waals surface area contributed by atoms with Gasteiger partial charge in [-0.1, -0.05) is 70.6 Å². The minimum Gasteiger partial charge on any atom is -0.0533 e. The minimum atomic E-state index is 1.12. The highest BCUT2D eigenvalue weighted by Crippen LogP contribution is 2.35. The summed E-state index contributed by atoms with van der Waals surface area (Å²) in [4.78, 5) is 0. The largest absolute Gasteiger partial charge is 0.0533 e. The first-order valence-corrected chi connectivity index (χ1v) is 6.45. The summed E-state index contributed by atoms with van der Waals surface area (Å²) in [6.45, 7) is 0. The van der Waals surface area contributed by atoms with Crippen molar-refractivity contribution in [3.8, 4) is 0 Å². The maximum absolute atomic E-state index is 1.55. The summed E-state index contributed by atoms with van der Waals surface area (Å²) in [6, 6.07) is 0. The van der Waals surface area contributed by atoms with Gasteiger partial charge in [-0.3, -0.25) is 0 Å². The van der Waals surface area contributed by atoms with Crippen LogP contribution in [0.5, 0.6) is 0 Å². The van der Waals surface area contributed by atoms with E-state index in [4.69, 9.17) is 0 Å². The second kappa shape index (κ2) is 5.02. The number of rotatable bonds is 5. The average Bonchev–Trinajstić information content (AvgIpc) is 2.98. The van der Waals surface area contributed by atoms with Gasteiger partial charge in [0.25, 0.3) is 0 Å². The van der Waals surface area contributed by atoms with Gasteiger partial charge in [0.05, 0.1) is 0 Å². The number of unbranched alkanes of at least 4 members (excludes halogenated alkanes) is 1.